The number of likely N-dealkylation sites (tertiary alicyclic amines) is 1. The molecule has 71 heavy (non-hydrogen) atoms. The number of aliphatic imine (C=N–C) groups is 1. The Hall–Kier alpha value is -6.89. The number of aliphatic hydroxyl groups is 1. The molecule has 0 saturated carbocycles. The van der Waals surface area contributed by atoms with Crippen molar-refractivity contribution in [3.8, 4) is 26.6 Å². The highest BCUT2D eigenvalue weighted by atomic mass is 32.1. The van der Waals surface area contributed by atoms with Crippen LogP contribution in [0.4, 0.5) is 0 Å². The van der Waals surface area contributed by atoms with Gasteiger partial charge in [-0.1, -0.05) is 81.4 Å². The van der Waals surface area contributed by atoms with Crippen molar-refractivity contribution in [2.75, 3.05) is 13.7 Å². The fraction of sp³-hybridized carbons (Fsp3) is 0.377. The number of aliphatic hydroxyl groups excluding tert-OH is 1. The minimum atomic E-state index is -1.08. The number of hydrogen-bond acceptors (Lipinski definition) is 13. The third kappa shape index (κ3) is 10.5. The number of nitrogens with one attached hydrogen (secondary N) is 3. The Morgan fingerprint density at radius 3 is 2.10 bits per heavy atom. The SMILES string of the molecule is COC(=O)C[C@@H]1N=C(c2ccc(-c3ccc(C(=O)N[C@H](C)C(=O)NC(C(=O)N4C[C@H](O)C[C@H]4C(=O)N[C@@H](C)c4ccc(-c5scnc5C)cc4)C(C)(C)C)cc3)cc2)c2c(sc(C)c2C)-n2c(C)nnc21. The Kier molecular flexibility index (Phi) is 14.5. The van der Waals surface area contributed by atoms with Crippen LogP contribution in [0.25, 0.3) is 26.6 Å². The number of amides is 4. The minimum Gasteiger partial charge on any atom is -0.469 e. The summed E-state index contributed by atoms with van der Waals surface area (Å²) in [5.41, 5.74) is 9.58. The average molecular weight is 998 g/mol. The first-order valence-corrected chi connectivity index (χ1v) is 25.2. The molecule has 6 aromatic rings. The normalized spacial score (nSPS) is 17.8. The maximum atomic E-state index is 14.3. The van der Waals surface area contributed by atoms with Gasteiger partial charge in [0.25, 0.3) is 5.91 Å². The van der Waals surface area contributed by atoms with Crippen LogP contribution in [0.15, 0.2) is 83.3 Å². The lowest BCUT2D eigenvalue weighted by molar-refractivity contribution is -0.144. The van der Waals surface area contributed by atoms with Gasteiger partial charge in [0.05, 0.1) is 47.5 Å². The average Bonchev–Trinajstić information content (AvgIpc) is 4.12. The topological polar surface area (TPSA) is 210 Å². The molecule has 16 nitrogen and oxygen atoms in total. The quantitative estimate of drug-likeness (QED) is 0.0849. The van der Waals surface area contributed by atoms with Crippen molar-refractivity contribution >= 4 is 58.0 Å². The molecular formula is C53H59N9O7S2. The summed E-state index contributed by atoms with van der Waals surface area (Å²) in [5, 5.41) is 29.1. The third-order valence-corrected chi connectivity index (χ3v) is 15.4. The number of aromatic nitrogens is 4. The molecule has 1 fully saturated rings. The summed E-state index contributed by atoms with van der Waals surface area (Å²) in [5.74, 6) is -1.11. The predicted octanol–water partition coefficient (Wildman–Crippen LogP) is 7.30. The highest BCUT2D eigenvalue weighted by Gasteiger charge is 2.45. The molecule has 370 valence electrons. The Balaban J connectivity index is 0.910. The van der Waals surface area contributed by atoms with Gasteiger partial charge in [-0.25, -0.2) is 4.98 Å². The van der Waals surface area contributed by atoms with E-state index in [2.05, 4.69) is 45.0 Å². The van der Waals surface area contributed by atoms with E-state index in [0.29, 0.717) is 17.2 Å². The second kappa shape index (κ2) is 20.4. The number of carbonyl (C=O) groups excluding carboxylic acids is 5. The molecule has 8 rings (SSSR count). The van der Waals surface area contributed by atoms with E-state index in [1.807, 2.05) is 91.5 Å². The highest BCUT2D eigenvalue weighted by Crippen LogP contribution is 2.40. The summed E-state index contributed by atoms with van der Waals surface area (Å²) in [6, 6.07) is 18.8. The van der Waals surface area contributed by atoms with Crippen LogP contribution in [-0.2, 0) is 23.9 Å². The van der Waals surface area contributed by atoms with Crippen molar-refractivity contribution in [2.45, 2.75) is 111 Å². The van der Waals surface area contributed by atoms with E-state index in [9.17, 15) is 29.1 Å². The number of ether oxygens (including phenoxy) is 1. The number of methoxy groups -OCH3 is 1. The molecule has 0 bridgehead atoms. The molecule has 5 heterocycles. The van der Waals surface area contributed by atoms with E-state index in [1.54, 1.807) is 62.5 Å². The van der Waals surface area contributed by atoms with Crippen molar-refractivity contribution in [1.82, 2.24) is 40.6 Å². The predicted molar refractivity (Wildman–Crippen MR) is 274 cm³/mol. The maximum Gasteiger partial charge on any atom is 0.308 e. The van der Waals surface area contributed by atoms with Crippen molar-refractivity contribution in [3.63, 3.8) is 0 Å². The summed E-state index contributed by atoms with van der Waals surface area (Å²) in [7, 11) is 1.35. The number of thiazole rings is 1. The van der Waals surface area contributed by atoms with Gasteiger partial charge in [0, 0.05) is 34.5 Å². The molecule has 3 aromatic heterocycles. The molecule has 2 aliphatic heterocycles. The van der Waals surface area contributed by atoms with Gasteiger partial charge < -0.3 is 30.7 Å². The second-order valence-corrected chi connectivity index (χ2v) is 21.4. The summed E-state index contributed by atoms with van der Waals surface area (Å²) >= 11 is 3.19. The fourth-order valence-electron chi connectivity index (χ4n) is 9.03. The number of aryl methyl sites for hydroxylation is 3. The molecule has 2 aliphatic rings. The maximum absolute atomic E-state index is 14.3. The van der Waals surface area contributed by atoms with Crippen LogP contribution in [0.1, 0.15) is 114 Å². The zero-order valence-electron chi connectivity index (χ0n) is 41.5. The molecule has 4 N–H and O–H groups in total. The van der Waals surface area contributed by atoms with Gasteiger partial charge in [-0.15, -0.1) is 32.9 Å². The molecule has 0 radical (unpaired) electrons. The molecule has 0 aliphatic carbocycles. The Bertz CT molecular complexity index is 3020. The standard InChI is InChI=1S/C53H59N9O7S2/c1-27-31(5)71-52-43(27)44(57-40(24-42(64)69-10)47-60-59-32(6)62(47)52)36-17-13-34(14-18-36)35-15-21-38(22-16-35)49(66)56-30(4)48(65)58-46(53(7,8)9)51(68)61-25-39(63)23-41(61)50(67)55-28(2)33-11-19-37(20-12-33)45-29(3)54-26-70-45/h11-22,26,28,30,39-41,46,63H,23-25H2,1-10H3,(H,55,67)(H,56,66)(H,58,65)/t28-,30+,39+,40-,41-,46?/m0/s1. The second-order valence-electron chi connectivity index (χ2n) is 19.4. The number of benzene rings is 3. The largest absolute Gasteiger partial charge is 0.469 e. The van der Waals surface area contributed by atoms with Gasteiger partial charge in [0.2, 0.25) is 17.7 Å². The number of rotatable bonds is 13. The smallest absolute Gasteiger partial charge is 0.308 e. The number of thiophene rings is 1. The first kappa shape index (κ1) is 50.5. The molecule has 1 saturated heterocycles. The highest BCUT2D eigenvalue weighted by molar-refractivity contribution is 7.15. The van der Waals surface area contributed by atoms with Crippen molar-refractivity contribution in [1.29, 1.82) is 0 Å². The minimum absolute atomic E-state index is 0.00256. The molecule has 0 spiro atoms. The van der Waals surface area contributed by atoms with E-state index in [4.69, 9.17) is 9.73 Å². The summed E-state index contributed by atoms with van der Waals surface area (Å²) in [4.78, 5) is 81.0. The van der Waals surface area contributed by atoms with E-state index in [1.165, 1.54) is 12.0 Å². The third-order valence-electron chi connectivity index (χ3n) is 13.2. The Morgan fingerprint density at radius 2 is 1.48 bits per heavy atom. The van der Waals surface area contributed by atoms with Crippen LogP contribution < -0.4 is 16.0 Å². The summed E-state index contributed by atoms with van der Waals surface area (Å²) in [6.45, 7) is 16.7. The number of hydrogen-bond donors (Lipinski definition) is 4. The first-order valence-electron chi connectivity index (χ1n) is 23.5. The van der Waals surface area contributed by atoms with Gasteiger partial charge in [0.1, 0.15) is 35.0 Å². The molecule has 18 heteroatoms. The molecule has 6 atom stereocenters. The lowest BCUT2D eigenvalue weighted by Crippen LogP contribution is -2.60. The van der Waals surface area contributed by atoms with Crippen LogP contribution in [0.3, 0.4) is 0 Å². The zero-order valence-corrected chi connectivity index (χ0v) is 43.1. The van der Waals surface area contributed by atoms with Crippen molar-refractivity contribution < 1.29 is 33.8 Å². The summed E-state index contributed by atoms with van der Waals surface area (Å²) in [6.07, 6.45) is -0.879. The Morgan fingerprint density at radius 1 is 0.845 bits per heavy atom. The monoisotopic (exact) mass is 997 g/mol. The van der Waals surface area contributed by atoms with Crippen molar-refractivity contribution in [3.05, 3.63) is 128 Å². The van der Waals surface area contributed by atoms with E-state index < -0.39 is 65.3 Å². The van der Waals surface area contributed by atoms with Crippen LogP contribution in [0, 0.1) is 33.1 Å². The Labute approximate surface area is 421 Å². The number of fused-ring (bicyclic) bond motifs is 3. The number of nitrogens with zero attached hydrogens (tertiary/aromatic N) is 6. The number of carbonyl (C=O) groups is 5. The van der Waals surface area contributed by atoms with E-state index in [0.717, 1.165) is 65.1 Å². The lowest BCUT2D eigenvalue weighted by Gasteiger charge is -2.36. The van der Waals surface area contributed by atoms with Crippen LogP contribution in [-0.4, -0.2) is 103 Å². The molecule has 3 aromatic carbocycles. The molecule has 4 amide bonds. The first-order chi connectivity index (χ1) is 33.7. The summed E-state index contributed by atoms with van der Waals surface area (Å²) < 4.78 is 7.01. The molecule has 1 unspecified atom stereocenters. The van der Waals surface area contributed by atoms with Gasteiger partial charge in [-0.2, -0.15) is 0 Å². The van der Waals surface area contributed by atoms with Crippen LogP contribution >= 0.6 is 22.7 Å². The zero-order chi connectivity index (χ0) is 51.1. The van der Waals surface area contributed by atoms with Crippen LogP contribution in [0.5, 0.6) is 0 Å². The van der Waals surface area contributed by atoms with Crippen molar-refractivity contribution in [2.24, 2.45) is 10.4 Å². The van der Waals surface area contributed by atoms with E-state index >= 15 is 0 Å². The fourth-order valence-corrected chi connectivity index (χ4v) is 11.1. The number of esters is 1. The number of β-amino-alcohol motifs (C(OH)–C–C–N with tert-alkyl or cyclic N) is 1. The van der Waals surface area contributed by atoms with Crippen LogP contribution in [0.2, 0.25) is 0 Å². The van der Waals surface area contributed by atoms with Gasteiger partial charge in [0.15, 0.2) is 5.82 Å². The lowest BCUT2D eigenvalue weighted by atomic mass is 9.85. The van der Waals surface area contributed by atoms with Gasteiger partial charge in [-0.3, -0.25) is 33.5 Å². The van der Waals surface area contributed by atoms with Gasteiger partial charge in [-0.05, 0) is 86.9 Å². The van der Waals surface area contributed by atoms with E-state index in [-0.39, 0.29) is 25.4 Å². The van der Waals surface area contributed by atoms with Gasteiger partial charge >= 0.3 is 5.97 Å². The molecular weight excluding hydrogens is 939 g/mol.